The van der Waals surface area contributed by atoms with Gasteiger partial charge < -0.3 is 19.7 Å². The second-order valence-corrected chi connectivity index (χ2v) is 8.03. The highest BCUT2D eigenvalue weighted by atomic mass is 79.9. The smallest absolute Gasteiger partial charge is 0.170 e. The number of aliphatic hydroxyl groups is 1. The first-order chi connectivity index (χ1) is 14.1. The van der Waals surface area contributed by atoms with Gasteiger partial charge in [0.15, 0.2) is 5.11 Å². The quantitative estimate of drug-likeness (QED) is 0.508. The number of nitrogens with one attached hydrogen (secondary N) is 1. The first-order valence-electron chi connectivity index (χ1n) is 9.22. The van der Waals surface area contributed by atoms with Crippen molar-refractivity contribution >= 4 is 33.3 Å². The Kier molecular flexibility index (Phi) is 5.94. The summed E-state index contributed by atoms with van der Waals surface area (Å²) in [5.41, 5.74) is 1.23. The van der Waals surface area contributed by atoms with E-state index in [2.05, 4.69) is 26.2 Å². The van der Waals surface area contributed by atoms with Crippen molar-refractivity contribution in [3.8, 4) is 11.3 Å². The van der Waals surface area contributed by atoms with Gasteiger partial charge in [-0.15, -0.1) is 0 Å². The van der Waals surface area contributed by atoms with Gasteiger partial charge in [0.1, 0.15) is 23.4 Å². The third kappa shape index (κ3) is 4.05. The molecule has 29 heavy (non-hydrogen) atoms. The van der Waals surface area contributed by atoms with E-state index in [0.717, 1.165) is 5.69 Å². The molecule has 3 heterocycles. The fourth-order valence-corrected chi connectivity index (χ4v) is 4.21. The molecule has 1 aliphatic rings. The van der Waals surface area contributed by atoms with Gasteiger partial charge in [-0.3, -0.25) is 4.98 Å². The van der Waals surface area contributed by atoms with E-state index in [-0.39, 0.29) is 24.5 Å². The van der Waals surface area contributed by atoms with E-state index >= 15 is 0 Å². The number of aliphatic hydroxyl groups excluding tert-OH is 1. The molecule has 150 valence electrons. The molecular formula is C21H19BrFN3O2S. The second-order valence-electron chi connectivity index (χ2n) is 6.72. The van der Waals surface area contributed by atoms with Crippen LogP contribution in [0.5, 0.6) is 0 Å². The molecule has 1 saturated heterocycles. The van der Waals surface area contributed by atoms with Crippen LogP contribution in [0.3, 0.4) is 0 Å². The molecule has 0 bridgehead atoms. The molecule has 0 radical (unpaired) electrons. The first-order valence-corrected chi connectivity index (χ1v) is 10.4. The average molecular weight is 476 g/mol. The maximum Gasteiger partial charge on any atom is 0.170 e. The fourth-order valence-electron chi connectivity index (χ4n) is 3.54. The summed E-state index contributed by atoms with van der Waals surface area (Å²) in [6.07, 6.45) is 2.31. The number of aromatic nitrogens is 1. The molecule has 1 fully saturated rings. The molecule has 4 rings (SSSR count). The second kappa shape index (κ2) is 8.61. The summed E-state index contributed by atoms with van der Waals surface area (Å²) in [7, 11) is 0. The Bertz CT molecular complexity index is 1010. The van der Waals surface area contributed by atoms with Crippen LogP contribution < -0.4 is 5.32 Å². The summed E-state index contributed by atoms with van der Waals surface area (Å²) in [5.74, 6) is 0.742. The number of furan rings is 1. The minimum atomic E-state index is -0.362. The molecule has 0 unspecified atom stereocenters. The van der Waals surface area contributed by atoms with E-state index in [0.29, 0.717) is 39.6 Å². The lowest BCUT2D eigenvalue weighted by Crippen LogP contribution is -2.30. The van der Waals surface area contributed by atoms with Gasteiger partial charge in [0.05, 0.1) is 17.3 Å². The van der Waals surface area contributed by atoms with Gasteiger partial charge in [-0.05, 0) is 61.1 Å². The van der Waals surface area contributed by atoms with Gasteiger partial charge in [0.25, 0.3) is 0 Å². The number of pyridine rings is 1. The number of rotatable bonds is 6. The molecule has 2 atom stereocenters. The van der Waals surface area contributed by atoms with E-state index in [4.69, 9.17) is 16.6 Å². The third-order valence-corrected chi connectivity index (χ3v) is 5.72. The number of hydrogen-bond acceptors (Lipinski definition) is 4. The molecule has 8 heteroatoms. The Morgan fingerprint density at radius 3 is 2.83 bits per heavy atom. The van der Waals surface area contributed by atoms with Gasteiger partial charge in [-0.1, -0.05) is 22.0 Å². The van der Waals surface area contributed by atoms with E-state index in [1.807, 2.05) is 29.2 Å². The van der Waals surface area contributed by atoms with Gasteiger partial charge in [-0.2, -0.15) is 0 Å². The third-order valence-electron chi connectivity index (χ3n) is 4.87. The molecule has 0 amide bonds. The largest absolute Gasteiger partial charge is 0.459 e. The minimum absolute atomic E-state index is 0.0631. The van der Waals surface area contributed by atoms with Gasteiger partial charge in [0.2, 0.25) is 0 Å². The molecule has 5 nitrogen and oxygen atoms in total. The lowest BCUT2D eigenvalue weighted by molar-refractivity contribution is 0.232. The topological polar surface area (TPSA) is 61.5 Å². The number of nitrogens with zero attached hydrogens (tertiary/aromatic N) is 2. The van der Waals surface area contributed by atoms with Crippen LogP contribution in [0.4, 0.5) is 4.39 Å². The average Bonchev–Trinajstić information content (AvgIpc) is 3.31. The van der Waals surface area contributed by atoms with Crippen molar-refractivity contribution in [2.45, 2.75) is 18.5 Å². The van der Waals surface area contributed by atoms with Crippen LogP contribution in [0.2, 0.25) is 0 Å². The highest BCUT2D eigenvalue weighted by Gasteiger charge is 2.41. The van der Waals surface area contributed by atoms with E-state index in [9.17, 15) is 9.50 Å². The zero-order valence-corrected chi connectivity index (χ0v) is 17.8. The van der Waals surface area contributed by atoms with Crippen LogP contribution >= 0.6 is 28.1 Å². The monoisotopic (exact) mass is 475 g/mol. The summed E-state index contributed by atoms with van der Waals surface area (Å²) < 4.78 is 21.2. The fraction of sp³-hybridized carbons (Fsp3) is 0.238. The first kappa shape index (κ1) is 20.0. The van der Waals surface area contributed by atoms with Crippen molar-refractivity contribution in [2.24, 2.45) is 0 Å². The molecule has 2 aromatic heterocycles. The number of benzene rings is 1. The van der Waals surface area contributed by atoms with Crippen molar-refractivity contribution < 1.29 is 13.9 Å². The maximum atomic E-state index is 14.4. The van der Waals surface area contributed by atoms with E-state index < -0.39 is 0 Å². The Hall–Kier alpha value is -2.29. The molecule has 1 aromatic carbocycles. The molecule has 0 saturated carbocycles. The predicted octanol–water partition coefficient (Wildman–Crippen LogP) is 4.60. The Balaban J connectivity index is 1.72. The molecular weight excluding hydrogens is 457 g/mol. The Morgan fingerprint density at radius 1 is 1.24 bits per heavy atom. The summed E-state index contributed by atoms with van der Waals surface area (Å²) in [6, 6.07) is 13.7. The van der Waals surface area contributed by atoms with E-state index in [1.165, 1.54) is 6.07 Å². The van der Waals surface area contributed by atoms with Crippen LogP contribution in [-0.4, -0.2) is 33.3 Å². The lowest BCUT2D eigenvalue weighted by atomic mass is 10.0. The normalized spacial score (nSPS) is 18.9. The van der Waals surface area contributed by atoms with Crippen LogP contribution in [-0.2, 0) is 0 Å². The maximum absolute atomic E-state index is 14.4. The van der Waals surface area contributed by atoms with Gasteiger partial charge >= 0.3 is 0 Å². The summed E-state index contributed by atoms with van der Waals surface area (Å²) >= 11 is 8.81. The van der Waals surface area contributed by atoms with Crippen molar-refractivity contribution in [1.29, 1.82) is 0 Å². The number of halogens is 2. The van der Waals surface area contributed by atoms with Crippen LogP contribution in [0.15, 0.2) is 63.6 Å². The SMILES string of the molecule is OCCCN1C(=S)N[C@H](c2ccccn2)[C@@H]1c1ccc(-c2ccc(Br)cc2F)o1. The minimum Gasteiger partial charge on any atom is -0.459 e. The Labute approximate surface area is 181 Å². The summed E-state index contributed by atoms with van der Waals surface area (Å²) in [5, 5.41) is 13.2. The van der Waals surface area contributed by atoms with Crippen LogP contribution in [0, 0.1) is 5.82 Å². The van der Waals surface area contributed by atoms with Crippen molar-refractivity contribution in [3.63, 3.8) is 0 Å². The molecule has 2 N–H and O–H groups in total. The lowest BCUT2D eigenvalue weighted by Gasteiger charge is -2.25. The van der Waals surface area contributed by atoms with E-state index in [1.54, 1.807) is 24.4 Å². The molecule has 0 aliphatic carbocycles. The van der Waals surface area contributed by atoms with Crippen molar-refractivity contribution in [1.82, 2.24) is 15.2 Å². The standard InChI is InChI=1S/C21H19BrFN3O2S/c22-13-5-6-14(15(23)12-13)17-7-8-18(28-17)20-19(16-4-1-2-9-24-16)25-21(29)26(20)10-3-11-27/h1-2,4-9,12,19-20,27H,3,10-11H2,(H,25,29)/t19-,20+/m1/s1. The van der Waals surface area contributed by atoms with Gasteiger partial charge in [-0.25, -0.2) is 4.39 Å². The highest BCUT2D eigenvalue weighted by molar-refractivity contribution is 9.10. The van der Waals surface area contributed by atoms with Crippen LogP contribution in [0.25, 0.3) is 11.3 Å². The molecule has 0 spiro atoms. The van der Waals surface area contributed by atoms with Crippen molar-refractivity contribution in [2.75, 3.05) is 13.2 Å². The van der Waals surface area contributed by atoms with Crippen LogP contribution in [0.1, 0.15) is 30.0 Å². The predicted molar refractivity (Wildman–Crippen MR) is 116 cm³/mol. The van der Waals surface area contributed by atoms with Gasteiger partial charge in [0, 0.05) is 23.8 Å². The Morgan fingerprint density at radius 2 is 2.10 bits per heavy atom. The molecule has 3 aromatic rings. The highest BCUT2D eigenvalue weighted by Crippen LogP contribution is 2.40. The zero-order valence-electron chi connectivity index (χ0n) is 15.4. The summed E-state index contributed by atoms with van der Waals surface area (Å²) in [4.78, 5) is 6.46. The zero-order chi connectivity index (χ0) is 20.4. The summed E-state index contributed by atoms with van der Waals surface area (Å²) in [6.45, 7) is 0.632. The number of hydrogen-bond donors (Lipinski definition) is 2. The number of thiocarbonyl (C=S) groups is 1. The molecule has 1 aliphatic heterocycles. The van der Waals surface area contributed by atoms with Crippen molar-refractivity contribution in [3.05, 3.63) is 76.5 Å².